The third-order valence-corrected chi connectivity index (χ3v) is 4.57. The standard InChI is InChI=1S/C17H13Cl4NO2/c18-13-8-6-11(7-9-13)14-10-22(14)16(23)24-15(17(19,20)21)12-4-2-1-3-5-12/h1-9,14-15H,10H2/t14-,15-,22?/m1/s1. The number of carbonyl (C=O) groups is 1. The maximum atomic E-state index is 12.4. The van der Waals surface area contributed by atoms with E-state index in [0.717, 1.165) is 5.56 Å². The zero-order valence-electron chi connectivity index (χ0n) is 12.3. The van der Waals surface area contributed by atoms with Gasteiger partial charge in [0.2, 0.25) is 3.79 Å². The molecule has 1 saturated heterocycles. The lowest BCUT2D eigenvalue weighted by molar-refractivity contribution is 0.0842. The van der Waals surface area contributed by atoms with E-state index in [9.17, 15) is 4.79 Å². The van der Waals surface area contributed by atoms with Gasteiger partial charge < -0.3 is 4.74 Å². The van der Waals surface area contributed by atoms with Gasteiger partial charge in [0, 0.05) is 11.6 Å². The first-order valence-corrected chi connectivity index (χ1v) is 8.72. The predicted molar refractivity (Wildman–Crippen MR) is 96.9 cm³/mol. The maximum absolute atomic E-state index is 12.4. The van der Waals surface area contributed by atoms with Gasteiger partial charge in [0.1, 0.15) is 0 Å². The fourth-order valence-corrected chi connectivity index (χ4v) is 3.07. The minimum absolute atomic E-state index is 0.0402. The molecule has 1 aliphatic rings. The van der Waals surface area contributed by atoms with E-state index in [1.165, 1.54) is 0 Å². The molecular formula is C17H13Cl4NO2. The van der Waals surface area contributed by atoms with Crippen LogP contribution in [0.5, 0.6) is 0 Å². The third-order valence-electron chi connectivity index (χ3n) is 3.72. The number of hydrogen-bond acceptors (Lipinski definition) is 2. The average Bonchev–Trinajstić information content (AvgIpc) is 3.33. The monoisotopic (exact) mass is 403 g/mol. The van der Waals surface area contributed by atoms with Gasteiger partial charge in [0.15, 0.2) is 6.10 Å². The highest BCUT2D eigenvalue weighted by molar-refractivity contribution is 6.68. The summed E-state index contributed by atoms with van der Waals surface area (Å²) < 4.78 is 3.70. The van der Waals surface area contributed by atoms with Crippen molar-refractivity contribution in [3.8, 4) is 0 Å². The van der Waals surface area contributed by atoms with E-state index in [2.05, 4.69) is 0 Å². The highest BCUT2D eigenvalue weighted by Crippen LogP contribution is 2.44. The van der Waals surface area contributed by atoms with Crippen molar-refractivity contribution in [1.29, 1.82) is 0 Å². The van der Waals surface area contributed by atoms with Crippen LogP contribution in [0.2, 0.25) is 5.02 Å². The number of nitrogens with zero attached hydrogens (tertiary/aromatic N) is 1. The second kappa shape index (κ2) is 7.01. The van der Waals surface area contributed by atoms with E-state index in [1.54, 1.807) is 41.3 Å². The van der Waals surface area contributed by atoms with E-state index < -0.39 is 16.0 Å². The predicted octanol–water partition coefficient (Wildman–Crippen LogP) is 5.94. The molecule has 3 rings (SSSR count). The van der Waals surface area contributed by atoms with E-state index in [0.29, 0.717) is 17.1 Å². The fraction of sp³-hybridized carbons (Fsp3) is 0.235. The molecule has 0 radical (unpaired) electrons. The van der Waals surface area contributed by atoms with Crippen LogP contribution in [0.4, 0.5) is 4.79 Å². The summed E-state index contributed by atoms with van der Waals surface area (Å²) in [6.45, 7) is 0.557. The lowest BCUT2D eigenvalue weighted by Crippen LogP contribution is -2.26. The van der Waals surface area contributed by atoms with Crippen LogP contribution < -0.4 is 0 Å². The summed E-state index contributed by atoms with van der Waals surface area (Å²) in [6, 6.07) is 16.2. The highest BCUT2D eigenvalue weighted by Gasteiger charge is 2.45. The average molecular weight is 405 g/mol. The van der Waals surface area contributed by atoms with Gasteiger partial charge in [-0.1, -0.05) is 88.9 Å². The minimum Gasteiger partial charge on any atom is -0.437 e. The Bertz CT molecular complexity index is 716. The van der Waals surface area contributed by atoms with Gasteiger partial charge in [-0.15, -0.1) is 0 Å². The molecule has 24 heavy (non-hydrogen) atoms. The molecule has 1 heterocycles. The molecule has 0 spiro atoms. The molecule has 0 bridgehead atoms. The number of carbonyl (C=O) groups excluding carboxylic acids is 1. The molecule has 0 aliphatic carbocycles. The van der Waals surface area contributed by atoms with Crippen molar-refractivity contribution in [3.05, 3.63) is 70.7 Å². The fourth-order valence-electron chi connectivity index (χ4n) is 2.43. The molecule has 2 atom stereocenters. The number of rotatable bonds is 3. The van der Waals surface area contributed by atoms with Crippen LogP contribution in [0.15, 0.2) is 54.6 Å². The minimum atomic E-state index is -1.76. The first-order chi connectivity index (χ1) is 11.4. The van der Waals surface area contributed by atoms with Gasteiger partial charge in [-0.05, 0) is 23.3 Å². The molecule has 0 N–H and O–H groups in total. The molecule has 1 fully saturated rings. The SMILES string of the molecule is O=C(O[C@H](c1ccccc1)C(Cl)(Cl)Cl)N1C[C@@H]1c1ccc(Cl)cc1. The first kappa shape index (κ1) is 17.7. The summed E-state index contributed by atoms with van der Waals surface area (Å²) in [6.07, 6.45) is -1.50. The highest BCUT2D eigenvalue weighted by atomic mass is 35.6. The first-order valence-electron chi connectivity index (χ1n) is 7.20. The maximum Gasteiger partial charge on any atom is 0.411 e. The van der Waals surface area contributed by atoms with Crippen molar-refractivity contribution < 1.29 is 9.53 Å². The van der Waals surface area contributed by atoms with Gasteiger partial charge in [0.05, 0.1) is 6.04 Å². The van der Waals surface area contributed by atoms with Crippen molar-refractivity contribution in [3.63, 3.8) is 0 Å². The second-order valence-electron chi connectivity index (χ2n) is 5.44. The summed E-state index contributed by atoms with van der Waals surface area (Å²) in [4.78, 5) is 14.0. The largest absolute Gasteiger partial charge is 0.437 e. The second-order valence-corrected chi connectivity index (χ2v) is 8.24. The molecular weight excluding hydrogens is 392 g/mol. The van der Waals surface area contributed by atoms with E-state index in [4.69, 9.17) is 51.1 Å². The summed E-state index contributed by atoms with van der Waals surface area (Å²) in [7, 11) is 0. The zero-order valence-corrected chi connectivity index (χ0v) is 15.4. The Morgan fingerprint density at radius 1 is 1.08 bits per heavy atom. The summed E-state index contributed by atoms with van der Waals surface area (Å²) >= 11 is 23.9. The van der Waals surface area contributed by atoms with Crippen molar-refractivity contribution in [1.82, 2.24) is 4.90 Å². The molecule has 0 saturated carbocycles. The number of hydrogen-bond donors (Lipinski definition) is 0. The number of amides is 1. The number of halogens is 4. The molecule has 1 amide bonds. The summed E-state index contributed by atoms with van der Waals surface area (Å²) in [5.41, 5.74) is 1.61. The van der Waals surface area contributed by atoms with Crippen LogP contribution in [-0.2, 0) is 4.74 Å². The number of benzene rings is 2. The quantitative estimate of drug-likeness (QED) is 0.467. The molecule has 1 aliphatic heterocycles. The summed E-state index contributed by atoms with van der Waals surface area (Å²) in [5, 5.41) is 0.647. The Hall–Kier alpha value is -1.13. The van der Waals surface area contributed by atoms with Crippen molar-refractivity contribution in [2.75, 3.05) is 6.54 Å². The van der Waals surface area contributed by atoms with E-state index in [1.807, 2.05) is 18.2 Å². The molecule has 2 aromatic carbocycles. The van der Waals surface area contributed by atoms with Gasteiger partial charge >= 0.3 is 6.09 Å². The Morgan fingerprint density at radius 3 is 2.29 bits per heavy atom. The Kier molecular flexibility index (Phi) is 5.16. The lowest BCUT2D eigenvalue weighted by Gasteiger charge is -2.25. The smallest absolute Gasteiger partial charge is 0.411 e. The molecule has 3 nitrogen and oxygen atoms in total. The Balaban J connectivity index is 1.70. The van der Waals surface area contributed by atoms with Gasteiger partial charge in [-0.2, -0.15) is 0 Å². The van der Waals surface area contributed by atoms with E-state index >= 15 is 0 Å². The normalized spacial score (nSPS) is 18.2. The Morgan fingerprint density at radius 2 is 1.71 bits per heavy atom. The van der Waals surface area contributed by atoms with Crippen molar-refractivity contribution in [2.45, 2.75) is 15.9 Å². The topological polar surface area (TPSA) is 29.3 Å². The van der Waals surface area contributed by atoms with Crippen LogP contribution in [0, 0.1) is 0 Å². The van der Waals surface area contributed by atoms with Gasteiger partial charge in [-0.25, -0.2) is 4.79 Å². The van der Waals surface area contributed by atoms with Crippen molar-refractivity contribution in [2.24, 2.45) is 0 Å². The van der Waals surface area contributed by atoms with Crippen molar-refractivity contribution >= 4 is 52.5 Å². The lowest BCUT2D eigenvalue weighted by atomic mass is 10.1. The molecule has 0 aromatic heterocycles. The summed E-state index contributed by atoms with van der Waals surface area (Å²) in [5.74, 6) is 0. The van der Waals surface area contributed by atoms with Crippen LogP contribution >= 0.6 is 46.4 Å². The molecule has 0 unspecified atom stereocenters. The van der Waals surface area contributed by atoms with Gasteiger partial charge in [0.25, 0.3) is 0 Å². The van der Waals surface area contributed by atoms with Gasteiger partial charge in [-0.3, -0.25) is 4.90 Å². The molecule has 7 heteroatoms. The van der Waals surface area contributed by atoms with Crippen LogP contribution in [0.3, 0.4) is 0 Å². The molecule has 126 valence electrons. The van der Waals surface area contributed by atoms with E-state index in [-0.39, 0.29) is 6.04 Å². The van der Waals surface area contributed by atoms with Crippen LogP contribution in [0.25, 0.3) is 0 Å². The third kappa shape index (κ3) is 4.09. The zero-order chi connectivity index (χ0) is 17.3. The van der Waals surface area contributed by atoms with Crippen LogP contribution in [-0.4, -0.2) is 21.3 Å². The Labute approximate surface area is 160 Å². The number of alkyl halides is 3. The van der Waals surface area contributed by atoms with Crippen LogP contribution in [0.1, 0.15) is 23.3 Å². The number of ether oxygens (including phenoxy) is 1. The molecule has 2 aromatic rings.